The van der Waals surface area contributed by atoms with Crippen LogP contribution in [0.25, 0.3) is 5.69 Å². The number of aromatic nitrogens is 3. The second kappa shape index (κ2) is 9.71. The number of nitrogens with one attached hydrogen (secondary N) is 1. The van der Waals surface area contributed by atoms with Crippen LogP contribution in [0.5, 0.6) is 5.88 Å². The predicted octanol–water partition coefficient (Wildman–Crippen LogP) is 4.96. The Morgan fingerprint density at radius 3 is 2.43 bits per heavy atom. The fourth-order valence-electron chi connectivity index (χ4n) is 3.48. The molecule has 0 aliphatic rings. The summed E-state index contributed by atoms with van der Waals surface area (Å²) in [6.45, 7) is 1.56. The van der Waals surface area contributed by atoms with Crippen molar-refractivity contribution in [2.75, 3.05) is 5.32 Å². The number of amides is 1. The number of anilines is 1. The van der Waals surface area contributed by atoms with Gasteiger partial charge in [-0.05, 0) is 66.7 Å². The summed E-state index contributed by atoms with van der Waals surface area (Å²) >= 11 is -0.268. The Morgan fingerprint density at radius 1 is 1.09 bits per heavy atom. The molecule has 180 valence electrons. The van der Waals surface area contributed by atoms with E-state index in [-0.39, 0.29) is 46.4 Å². The Hall–Kier alpha value is -3.99. The maximum atomic E-state index is 13.2. The van der Waals surface area contributed by atoms with Crippen molar-refractivity contribution >= 4 is 23.4 Å². The fraction of sp³-hybridized carbons (Fsp3) is 0.125. The van der Waals surface area contributed by atoms with Crippen LogP contribution < -0.4 is 11.0 Å². The van der Waals surface area contributed by atoms with Gasteiger partial charge in [-0.2, -0.15) is 13.2 Å². The molecule has 0 bridgehead atoms. The van der Waals surface area contributed by atoms with Crippen LogP contribution in [0.15, 0.2) is 82.7 Å². The van der Waals surface area contributed by atoms with Gasteiger partial charge in [0.1, 0.15) is 0 Å². The lowest BCUT2D eigenvalue weighted by Gasteiger charge is -2.11. The standard InChI is InChI=1S/C24H19F3N4O3S/c1-15-22(33)31(18-7-9-19(10-8-18)35-24(25,26)27)23(34)30(15)14-17-11-12-28-13-20(17)29-21(32)16-5-3-2-4-6-16/h2-13,33H,14H2,1H3,(H,29,32). The van der Waals surface area contributed by atoms with Crippen molar-refractivity contribution in [2.45, 2.75) is 23.9 Å². The summed E-state index contributed by atoms with van der Waals surface area (Å²) in [5.41, 5.74) is -3.13. The van der Waals surface area contributed by atoms with E-state index in [4.69, 9.17) is 0 Å². The van der Waals surface area contributed by atoms with E-state index < -0.39 is 11.2 Å². The van der Waals surface area contributed by atoms with Crippen LogP contribution in [0.1, 0.15) is 21.6 Å². The van der Waals surface area contributed by atoms with Gasteiger partial charge in [0.2, 0.25) is 5.88 Å². The van der Waals surface area contributed by atoms with Crippen molar-refractivity contribution in [3.63, 3.8) is 0 Å². The molecule has 0 saturated carbocycles. The molecule has 0 aliphatic carbocycles. The topological polar surface area (TPSA) is 89.2 Å². The lowest BCUT2D eigenvalue weighted by atomic mass is 10.2. The number of aromatic hydroxyl groups is 1. The molecule has 1 amide bonds. The summed E-state index contributed by atoms with van der Waals surface area (Å²) in [6.07, 6.45) is 2.98. The van der Waals surface area contributed by atoms with Gasteiger partial charge in [-0.1, -0.05) is 18.2 Å². The summed E-state index contributed by atoms with van der Waals surface area (Å²) in [6, 6.07) is 15.4. The quantitative estimate of drug-likeness (QED) is 0.366. The number of nitrogens with zero attached hydrogens (tertiary/aromatic N) is 3. The van der Waals surface area contributed by atoms with E-state index in [1.54, 1.807) is 43.3 Å². The Bertz CT molecular complexity index is 1410. The van der Waals surface area contributed by atoms with Gasteiger partial charge >= 0.3 is 11.2 Å². The zero-order valence-corrected chi connectivity index (χ0v) is 19.1. The third-order valence-corrected chi connectivity index (χ3v) is 5.95. The second-order valence-corrected chi connectivity index (χ2v) is 8.65. The van der Waals surface area contributed by atoms with Gasteiger partial charge in [0, 0.05) is 16.7 Å². The van der Waals surface area contributed by atoms with Crippen molar-refractivity contribution in [2.24, 2.45) is 0 Å². The van der Waals surface area contributed by atoms with Crippen molar-refractivity contribution in [1.29, 1.82) is 0 Å². The zero-order valence-electron chi connectivity index (χ0n) is 18.3. The van der Waals surface area contributed by atoms with Gasteiger partial charge in [-0.25, -0.2) is 9.36 Å². The van der Waals surface area contributed by atoms with Crippen LogP contribution in [-0.2, 0) is 6.54 Å². The third-order valence-electron chi connectivity index (χ3n) is 5.21. The second-order valence-electron chi connectivity index (χ2n) is 7.51. The molecule has 4 aromatic rings. The summed E-state index contributed by atoms with van der Waals surface area (Å²) in [5, 5.41) is 13.4. The first-order valence-electron chi connectivity index (χ1n) is 10.3. The Kier molecular flexibility index (Phi) is 6.70. The summed E-state index contributed by atoms with van der Waals surface area (Å²) in [4.78, 5) is 29.8. The molecule has 0 fully saturated rings. The minimum atomic E-state index is -4.43. The molecule has 0 saturated heterocycles. The van der Waals surface area contributed by atoms with E-state index in [0.717, 1.165) is 4.57 Å². The summed E-state index contributed by atoms with van der Waals surface area (Å²) < 4.78 is 40.1. The van der Waals surface area contributed by atoms with Gasteiger partial charge in [0.25, 0.3) is 5.91 Å². The number of imidazole rings is 1. The van der Waals surface area contributed by atoms with Gasteiger partial charge in [0.05, 0.1) is 29.8 Å². The van der Waals surface area contributed by atoms with E-state index in [1.807, 2.05) is 0 Å². The van der Waals surface area contributed by atoms with Crippen molar-refractivity contribution in [3.8, 4) is 11.6 Å². The number of benzene rings is 2. The number of thioether (sulfide) groups is 1. The van der Waals surface area contributed by atoms with Crippen molar-refractivity contribution < 1.29 is 23.1 Å². The maximum absolute atomic E-state index is 13.2. The molecule has 2 aromatic heterocycles. The SMILES string of the molecule is Cc1c(O)n(-c2ccc(SC(F)(F)F)cc2)c(=O)n1Cc1ccncc1NC(=O)c1ccccc1. The normalized spacial score (nSPS) is 11.4. The molecular weight excluding hydrogens is 481 g/mol. The molecule has 2 N–H and O–H groups in total. The van der Waals surface area contributed by atoms with Crippen LogP contribution in [0.2, 0.25) is 0 Å². The number of rotatable bonds is 6. The van der Waals surface area contributed by atoms with Crippen LogP contribution in [0.4, 0.5) is 18.9 Å². The number of hydrogen-bond donors (Lipinski definition) is 2. The smallest absolute Gasteiger partial charge is 0.446 e. The highest BCUT2D eigenvalue weighted by atomic mass is 32.2. The minimum absolute atomic E-state index is 0.0140. The van der Waals surface area contributed by atoms with Gasteiger partial charge in [-0.15, -0.1) is 0 Å². The molecule has 7 nitrogen and oxygen atoms in total. The number of carbonyl (C=O) groups excluding carboxylic acids is 1. The lowest BCUT2D eigenvalue weighted by Crippen LogP contribution is -2.25. The average Bonchev–Trinajstić information content (AvgIpc) is 3.03. The van der Waals surface area contributed by atoms with Crippen LogP contribution in [0.3, 0.4) is 0 Å². The fourth-order valence-corrected chi connectivity index (χ4v) is 4.02. The third kappa shape index (κ3) is 5.40. The van der Waals surface area contributed by atoms with Crippen molar-refractivity contribution in [1.82, 2.24) is 14.1 Å². The van der Waals surface area contributed by atoms with Crippen molar-refractivity contribution in [3.05, 3.63) is 100 Å². The number of halogens is 3. The first-order chi connectivity index (χ1) is 16.6. The van der Waals surface area contributed by atoms with Gasteiger partial charge < -0.3 is 10.4 Å². The van der Waals surface area contributed by atoms with Gasteiger partial charge in [-0.3, -0.25) is 14.3 Å². The lowest BCUT2D eigenvalue weighted by molar-refractivity contribution is -0.0328. The highest BCUT2D eigenvalue weighted by Crippen LogP contribution is 2.37. The number of alkyl halides is 3. The Labute approximate surface area is 201 Å². The minimum Gasteiger partial charge on any atom is -0.493 e. The monoisotopic (exact) mass is 500 g/mol. The first-order valence-corrected chi connectivity index (χ1v) is 11.1. The average molecular weight is 501 g/mol. The maximum Gasteiger partial charge on any atom is 0.446 e. The van der Waals surface area contributed by atoms with E-state index in [9.17, 15) is 27.9 Å². The molecule has 35 heavy (non-hydrogen) atoms. The van der Waals surface area contributed by atoms with Crippen LogP contribution >= 0.6 is 11.8 Å². The molecule has 0 spiro atoms. The number of hydrogen-bond acceptors (Lipinski definition) is 5. The molecule has 0 aliphatic heterocycles. The molecule has 2 heterocycles. The van der Waals surface area contributed by atoms with E-state index >= 15 is 0 Å². The zero-order chi connectivity index (χ0) is 25.2. The first kappa shape index (κ1) is 24.1. The Morgan fingerprint density at radius 2 is 1.77 bits per heavy atom. The van der Waals surface area contributed by atoms with E-state index in [2.05, 4.69) is 10.3 Å². The van der Waals surface area contributed by atoms with Gasteiger partial charge in [0.15, 0.2) is 0 Å². The molecule has 11 heteroatoms. The molecular formula is C24H19F3N4O3S. The molecule has 4 rings (SSSR count). The van der Waals surface area contributed by atoms with E-state index in [1.165, 1.54) is 41.2 Å². The predicted molar refractivity (Wildman–Crippen MR) is 126 cm³/mol. The molecule has 0 radical (unpaired) electrons. The molecule has 0 unspecified atom stereocenters. The highest BCUT2D eigenvalue weighted by molar-refractivity contribution is 8.00. The summed E-state index contributed by atoms with van der Waals surface area (Å²) in [5.74, 6) is -0.684. The largest absolute Gasteiger partial charge is 0.493 e. The molecule has 0 atom stereocenters. The number of pyridine rings is 1. The van der Waals surface area contributed by atoms with Crippen LogP contribution in [0, 0.1) is 6.92 Å². The van der Waals surface area contributed by atoms with E-state index in [0.29, 0.717) is 16.8 Å². The highest BCUT2D eigenvalue weighted by Gasteiger charge is 2.29. The van der Waals surface area contributed by atoms with Crippen LogP contribution in [-0.4, -0.2) is 30.6 Å². The summed E-state index contributed by atoms with van der Waals surface area (Å²) in [7, 11) is 0. The molecule has 2 aromatic carbocycles. The number of carbonyl (C=O) groups is 1. The Balaban J connectivity index is 1.63.